The average Bonchev–Trinajstić information content (AvgIpc) is 2.90. The van der Waals surface area contributed by atoms with Crippen molar-refractivity contribution in [1.82, 2.24) is 9.88 Å². The Labute approximate surface area is 127 Å². The van der Waals surface area contributed by atoms with Gasteiger partial charge in [-0.15, -0.1) is 11.3 Å². The first-order valence-corrected chi connectivity index (χ1v) is 8.21. The molecule has 1 N–H and O–H groups in total. The first-order chi connectivity index (χ1) is 9.06. The molecule has 2 aromatic rings. The van der Waals surface area contributed by atoms with Crippen LogP contribution in [0.1, 0.15) is 10.6 Å². The van der Waals surface area contributed by atoms with Crippen LogP contribution in [0.3, 0.4) is 0 Å². The molecule has 0 aliphatic rings. The second-order valence-corrected chi connectivity index (χ2v) is 7.40. The minimum Gasteiger partial charge on any atom is -0.354 e. The van der Waals surface area contributed by atoms with E-state index in [9.17, 15) is 9.59 Å². The Hall–Kier alpha value is -0.920. The smallest absolute Gasteiger partial charge is 0.307 e. The highest BCUT2D eigenvalue weighted by molar-refractivity contribution is 9.11. The van der Waals surface area contributed by atoms with Gasteiger partial charge in [0.25, 0.3) is 0 Å². The molecule has 1 amide bonds. The fraction of sp³-hybridized carbons (Fsp3) is 0.333. The minimum absolute atomic E-state index is 0.0881. The summed E-state index contributed by atoms with van der Waals surface area (Å²) in [6, 6.07) is 4.03. The molecule has 0 radical (unpaired) electrons. The summed E-state index contributed by atoms with van der Waals surface area (Å²) in [5, 5.41) is 4.59. The third kappa shape index (κ3) is 4.02. The van der Waals surface area contributed by atoms with Gasteiger partial charge in [0, 0.05) is 22.5 Å². The van der Waals surface area contributed by atoms with Crippen molar-refractivity contribution in [3.8, 4) is 0 Å². The van der Waals surface area contributed by atoms with E-state index in [2.05, 4.69) is 21.2 Å². The molecule has 2 aromatic heterocycles. The molecular formula is C12H13BrN2O2S2. The third-order valence-electron chi connectivity index (χ3n) is 2.60. The Bertz CT molecular complexity index is 630. The molecular weight excluding hydrogens is 348 g/mol. The van der Waals surface area contributed by atoms with Crippen LogP contribution < -0.4 is 10.2 Å². The number of nitrogens with zero attached hydrogens (tertiary/aromatic N) is 1. The topological polar surface area (TPSA) is 51.1 Å². The Morgan fingerprint density at radius 1 is 1.47 bits per heavy atom. The number of aromatic nitrogens is 1. The van der Waals surface area contributed by atoms with Crippen molar-refractivity contribution < 1.29 is 4.79 Å². The number of thiophene rings is 1. The normalized spacial score (nSPS) is 10.6. The second kappa shape index (κ2) is 6.49. The number of carbonyl (C=O) groups is 1. The lowest BCUT2D eigenvalue weighted by molar-refractivity contribution is -0.121. The van der Waals surface area contributed by atoms with Gasteiger partial charge in [-0.3, -0.25) is 14.2 Å². The van der Waals surface area contributed by atoms with E-state index >= 15 is 0 Å². The lowest BCUT2D eigenvalue weighted by atomic mass is 10.3. The Morgan fingerprint density at radius 3 is 2.84 bits per heavy atom. The van der Waals surface area contributed by atoms with Crippen molar-refractivity contribution in [2.45, 2.75) is 19.9 Å². The van der Waals surface area contributed by atoms with Crippen LogP contribution in [0.15, 0.2) is 26.1 Å². The highest BCUT2D eigenvalue weighted by Crippen LogP contribution is 2.21. The summed E-state index contributed by atoms with van der Waals surface area (Å²) in [6.45, 7) is 2.51. The SMILES string of the molecule is Cc1csc(=O)n1CC(=O)NCCc1ccc(Br)s1. The number of hydrogen-bond acceptors (Lipinski definition) is 4. The van der Waals surface area contributed by atoms with E-state index in [-0.39, 0.29) is 17.3 Å². The molecule has 2 heterocycles. The molecule has 0 unspecified atom stereocenters. The molecule has 2 rings (SSSR count). The van der Waals surface area contributed by atoms with E-state index in [1.165, 1.54) is 9.44 Å². The maximum Gasteiger partial charge on any atom is 0.307 e. The number of nitrogens with one attached hydrogen (secondary N) is 1. The van der Waals surface area contributed by atoms with Gasteiger partial charge >= 0.3 is 4.87 Å². The van der Waals surface area contributed by atoms with Crippen molar-refractivity contribution in [3.05, 3.63) is 41.5 Å². The third-order valence-corrected chi connectivity index (χ3v) is 5.16. The quantitative estimate of drug-likeness (QED) is 0.889. The lowest BCUT2D eigenvalue weighted by Gasteiger charge is -2.06. The zero-order valence-corrected chi connectivity index (χ0v) is 13.5. The molecule has 0 spiro atoms. The van der Waals surface area contributed by atoms with E-state index in [0.29, 0.717) is 6.54 Å². The lowest BCUT2D eigenvalue weighted by Crippen LogP contribution is -2.32. The van der Waals surface area contributed by atoms with Crippen LogP contribution in [0.2, 0.25) is 0 Å². The number of carbonyl (C=O) groups excluding carboxylic acids is 1. The van der Waals surface area contributed by atoms with E-state index in [4.69, 9.17) is 0 Å². The fourth-order valence-electron chi connectivity index (χ4n) is 1.61. The summed E-state index contributed by atoms with van der Waals surface area (Å²) >= 11 is 6.18. The summed E-state index contributed by atoms with van der Waals surface area (Å²) < 4.78 is 2.58. The number of hydrogen-bond donors (Lipinski definition) is 1. The van der Waals surface area contributed by atoms with Crippen LogP contribution in [0.25, 0.3) is 0 Å². The van der Waals surface area contributed by atoms with E-state index < -0.39 is 0 Å². The molecule has 0 aliphatic heterocycles. The Balaban J connectivity index is 1.81. The van der Waals surface area contributed by atoms with Gasteiger partial charge in [-0.1, -0.05) is 11.3 Å². The molecule has 7 heteroatoms. The van der Waals surface area contributed by atoms with Crippen LogP contribution >= 0.6 is 38.6 Å². The monoisotopic (exact) mass is 360 g/mol. The van der Waals surface area contributed by atoms with Crippen molar-refractivity contribution in [3.63, 3.8) is 0 Å². The fourth-order valence-corrected chi connectivity index (χ4v) is 3.82. The molecule has 0 saturated carbocycles. The van der Waals surface area contributed by atoms with Crippen LogP contribution in [-0.4, -0.2) is 17.0 Å². The van der Waals surface area contributed by atoms with Crippen LogP contribution in [0, 0.1) is 6.92 Å². The minimum atomic E-state index is -0.126. The number of halogens is 1. The average molecular weight is 361 g/mol. The molecule has 0 aliphatic carbocycles. The zero-order chi connectivity index (χ0) is 13.8. The molecule has 0 atom stereocenters. The van der Waals surface area contributed by atoms with Crippen LogP contribution in [0.5, 0.6) is 0 Å². The number of rotatable bonds is 5. The summed E-state index contributed by atoms with van der Waals surface area (Å²) in [5.74, 6) is -0.126. The van der Waals surface area contributed by atoms with Gasteiger partial charge in [-0.05, 0) is 41.4 Å². The van der Waals surface area contributed by atoms with Gasteiger partial charge in [0.15, 0.2) is 0 Å². The molecule has 0 aromatic carbocycles. The van der Waals surface area contributed by atoms with Crippen molar-refractivity contribution in [2.75, 3.05) is 6.54 Å². The summed E-state index contributed by atoms with van der Waals surface area (Å²) in [5.41, 5.74) is 0.826. The van der Waals surface area contributed by atoms with Gasteiger partial charge in [-0.25, -0.2) is 0 Å². The highest BCUT2D eigenvalue weighted by atomic mass is 79.9. The van der Waals surface area contributed by atoms with Gasteiger partial charge in [0.2, 0.25) is 5.91 Å². The Kier molecular flexibility index (Phi) is 4.95. The number of aryl methyl sites for hydroxylation is 1. The molecule has 19 heavy (non-hydrogen) atoms. The first kappa shape index (κ1) is 14.5. The van der Waals surface area contributed by atoms with Gasteiger partial charge in [0.1, 0.15) is 6.54 Å². The second-order valence-electron chi connectivity index (χ2n) is 4.03. The standard InChI is InChI=1S/C12H13BrN2O2S2/c1-8-7-18-12(17)15(8)6-11(16)14-5-4-9-2-3-10(13)19-9/h2-3,7H,4-6H2,1H3,(H,14,16). The molecule has 0 saturated heterocycles. The zero-order valence-electron chi connectivity index (χ0n) is 10.3. The maximum atomic E-state index is 11.7. The van der Waals surface area contributed by atoms with Gasteiger partial charge in [0.05, 0.1) is 3.79 Å². The molecule has 0 bridgehead atoms. The molecule has 102 valence electrons. The predicted octanol–water partition coefficient (Wildman–Crippen LogP) is 2.40. The van der Waals surface area contributed by atoms with E-state index in [0.717, 1.165) is 27.2 Å². The van der Waals surface area contributed by atoms with Crippen molar-refractivity contribution in [2.24, 2.45) is 0 Å². The van der Waals surface area contributed by atoms with Crippen LogP contribution in [0.4, 0.5) is 0 Å². The van der Waals surface area contributed by atoms with E-state index in [1.54, 1.807) is 16.7 Å². The largest absolute Gasteiger partial charge is 0.354 e. The molecule has 0 fully saturated rings. The van der Waals surface area contributed by atoms with Crippen molar-refractivity contribution >= 4 is 44.5 Å². The first-order valence-electron chi connectivity index (χ1n) is 5.72. The number of amides is 1. The van der Waals surface area contributed by atoms with Crippen molar-refractivity contribution in [1.29, 1.82) is 0 Å². The highest BCUT2D eigenvalue weighted by Gasteiger charge is 2.08. The summed E-state index contributed by atoms with van der Waals surface area (Å²) in [6.07, 6.45) is 0.805. The van der Waals surface area contributed by atoms with Crippen LogP contribution in [-0.2, 0) is 17.8 Å². The summed E-state index contributed by atoms with van der Waals surface area (Å²) in [7, 11) is 0. The maximum absolute atomic E-state index is 11.7. The predicted molar refractivity (Wildman–Crippen MR) is 82.0 cm³/mol. The van der Waals surface area contributed by atoms with E-state index in [1.807, 2.05) is 19.1 Å². The Morgan fingerprint density at radius 2 is 2.26 bits per heavy atom. The van der Waals surface area contributed by atoms with Gasteiger partial charge in [-0.2, -0.15) is 0 Å². The van der Waals surface area contributed by atoms with Gasteiger partial charge < -0.3 is 5.32 Å². The number of thiazole rings is 1. The molecule has 4 nitrogen and oxygen atoms in total. The summed E-state index contributed by atoms with van der Waals surface area (Å²) in [4.78, 5) is 24.3.